The first-order valence-electron chi connectivity index (χ1n) is 6.71. The number of esters is 1. The van der Waals surface area contributed by atoms with E-state index in [9.17, 15) is 19.2 Å². The Hall–Kier alpha value is -2.12. The summed E-state index contributed by atoms with van der Waals surface area (Å²) in [5.41, 5.74) is -1.02. The highest BCUT2D eigenvalue weighted by Crippen LogP contribution is 2.16. The summed E-state index contributed by atoms with van der Waals surface area (Å²) in [5, 5.41) is 2.50. The quantitative estimate of drug-likeness (QED) is 0.538. The average Bonchev–Trinajstić information content (AvgIpc) is 2.60. The van der Waals surface area contributed by atoms with Gasteiger partial charge in [-0.15, -0.1) is 0 Å². The van der Waals surface area contributed by atoms with Crippen LogP contribution in [0, 0.1) is 0 Å². The predicted molar refractivity (Wildman–Crippen MR) is 73.2 cm³/mol. The molecule has 0 aliphatic carbocycles. The summed E-state index contributed by atoms with van der Waals surface area (Å²) in [5.74, 6) is -1.48. The number of rotatable bonds is 6. The predicted octanol–water partition coefficient (Wildman–Crippen LogP) is -0.272. The molecular formula is C13H21N3O5. The van der Waals surface area contributed by atoms with Crippen molar-refractivity contribution in [3.8, 4) is 0 Å². The number of amides is 4. The van der Waals surface area contributed by atoms with Gasteiger partial charge in [0.2, 0.25) is 5.91 Å². The molecule has 1 aliphatic heterocycles. The maximum Gasteiger partial charge on any atom is 0.325 e. The van der Waals surface area contributed by atoms with Crippen molar-refractivity contribution in [1.82, 2.24) is 15.1 Å². The molecule has 1 N–H and O–H groups in total. The highest BCUT2D eigenvalue weighted by molar-refractivity contribution is 6.08. The lowest BCUT2D eigenvalue weighted by molar-refractivity contribution is -0.147. The molecule has 0 spiro atoms. The second-order valence-corrected chi connectivity index (χ2v) is 5.34. The van der Waals surface area contributed by atoms with Crippen molar-refractivity contribution in [2.45, 2.75) is 32.7 Å². The number of hydrogen-bond acceptors (Lipinski definition) is 5. The summed E-state index contributed by atoms with van der Waals surface area (Å²) in [6.07, 6.45) is 0.647. The van der Waals surface area contributed by atoms with E-state index in [-0.39, 0.29) is 13.1 Å². The lowest BCUT2D eigenvalue weighted by Crippen LogP contribution is -2.46. The van der Waals surface area contributed by atoms with Crippen LogP contribution in [0.3, 0.4) is 0 Å². The summed E-state index contributed by atoms with van der Waals surface area (Å²) < 4.78 is 4.53. The minimum Gasteiger partial charge on any atom is -0.468 e. The van der Waals surface area contributed by atoms with E-state index in [4.69, 9.17) is 0 Å². The molecule has 118 valence electrons. The first-order chi connectivity index (χ1) is 9.72. The number of methoxy groups -OCH3 is 1. The molecule has 1 aliphatic rings. The van der Waals surface area contributed by atoms with Crippen LogP contribution in [-0.2, 0) is 19.1 Å². The fourth-order valence-corrected chi connectivity index (χ4v) is 1.98. The summed E-state index contributed by atoms with van der Waals surface area (Å²) >= 11 is 0. The van der Waals surface area contributed by atoms with E-state index in [1.807, 2.05) is 6.92 Å². The number of nitrogens with one attached hydrogen (secondary N) is 1. The number of nitrogens with zero attached hydrogens (tertiary/aromatic N) is 2. The van der Waals surface area contributed by atoms with Crippen LogP contribution in [0.5, 0.6) is 0 Å². The van der Waals surface area contributed by atoms with Gasteiger partial charge < -0.3 is 15.0 Å². The molecule has 8 heteroatoms. The first kappa shape index (κ1) is 16.9. The highest BCUT2D eigenvalue weighted by Gasteiger charge is 2.45. The zero-order valence-electron chi connectivity index (χ0n) is 12.8. The van der Waals surface area contributed by atoms with Crippen molar-refractivity contribution in [1.29, 1.82) is 0 Å². The Kier molecular flexibility index (Phi) is 5.28. The second-order valence-electron chi connectivity index (χ2n) is 5.34. The number of urea groups is 1. The van der Waals surface area contributed by atoms with E-state index >= 15 is 0 Å². The highest BCUT2D eigenvalue weighted by atomic mass is 16.5. The lowest BCUT2D eigenvalue weighted by atomic mass is 10.1. The van der Waals surface area contributed by atoms with Gasteiger partial charge >= 0.3 is 12.0 Å². The van der Waals surface area contributed by atoms with Crippen LogP contribution in [-0.4, -0.2) is 65.9 Å². The van der Waals surface area contributed by atoms with Gasteiger partial charge in [0.25, 0.3) is 5.91 Å². The third-order valence-corrected chi connectivity index (χ3v) is 3.13. The first-order valence-corrected chi connectivity index (χ1v) is 6.71. The standard InChI is InChI=1S/C13H21N3O5/c1-5-6-15(8-10(18)21-4)9(17)7-16-11(19)13(2,3)14-12(16)20/h5-8H2,1-4H3,(H,14,20). The van der Waals surface area contributed by atoms with Gasteiger partial charge in [0.05, 0.1) is 7.11 Å². The number of hydrogen-bond donors (Lipinski definition) is 1. The van der Waals surface area contributed by atoms with E-state index in [2.05, 4.69) is 10.1 Å². The summed E-state index contributed by atoms with van der Waals surface area (Å²) in [6.45, 7) is 4.75. The fourth-order valence-electron chi connectivity index (χ4n) is 1.98. The van der Waals surface area contributed by atoms with Gasteiger partial charge in [0.15, 0.2) is 0 Å². The molecule has 1 rings (SSSR count). The minimum atomic E-state index is -1.02. The summed E-state index contributed by atoms with van der Waals surface area (Å²) in [6, 6.07) is -0.604. The molecule has 4 amide bonds. The summed E-state index contributed by atoms with van der Waals surface area (Å²) in [7, 11) is 1.23. The molecule has 0 aromatic rings. The van der Waals surface area contributed by atoms with Crippen LogP contribution in [0.15, 0.2) is 0 Å². The van der Waals surface area contributed by atoms with Crippen molar-refractivity contribution in [2.75, 3.05) is 26.7 Å². The SMILES string of the molecule is CCCN(CC(=O)OC)C(=O)CN1C(=O)NC(C)(C)C1=O. The summed E-state index contributed by atoms with van der Waals surface area (Å²) in [4.78, 5) is 49.4. The van der Waals surface area contributed by atoms with Gasteiger partial charge in [0.1, 0.15) is 18.6 Å². The van der Waals surface area contributed by atoms with Crippen molar-refractivity contribution in [2.24, 2.45) is 0 Å². The van der Waals surface area contributed by atoms with Crippen LogP contribution in [0.2, 0.25) is 0 Å². The maximum atomic E-state index is 12.2. The van der Waals surface area contributed by atoms with E-state index in [1.165, 1.54) is 12.0 Å². The van der Waals surface area contributed by atoms with Crippen LogP contribution in [0.4, 0.5) is 4.79 Å². The Bertz CT molecular complexity index is 461. The molecule has 0 aromatic heterocycles. The second kappa shape index (κ2) is 6.55. The minimum absolute atomic E-state index is 0.198. The van der Waals surface area contributed by atoms with Gasteiger partial charge in [-0.1, -0.05) is 6.92 Å². The molecule has 0 aromatic carbocycles. The smallest absolute Gasteiger partial charge is 0.325 e. The Morgan fingerprint density at radius 3 is 2.38 bits per heavy atom. The molecule has 0 atom stereocenters. The third-order valence-electron chi connectivity index (χ3n) is 3.13. The number of ether oxygens (including phenoxy) is 1. The Balaban J connectivity index is 2.75. The van der Waals surface area contributed by atoms with Gasteiger partial charge in [-0.2, -0.15) is 0 Å². The fraction of sp³-hybridized carbons (Fsp3) is 0.692. The maximum absolute atomic E-state index is 12.2. The van der Waals surface area contributed by atoms with Crippen molar-refractivity contribution in [3.63, 3.8) is 0 Å². The van der Waals surface area contributed by atoms with Crippen molar-refractivity contribution >= 4 is 23.8 Å². The largest absolute Gasteiger partial charge is 0.468 e. The molecule has 0 bridgehead atoms. The zero-order chi connectivity index (χ0) is 16.2. The van der Waals surface area contributed by atoms with Gasteiger partial charge in [-0.25, -0.2) is 4.79 Å². The number of imide groups is 1. The molecular weight excluding hydrogens is 278 g/mol. The Morgan fingerprint density at radius 2 is 1.95 bits per heavy atom. The molecule has 0 saturated carbocycles. The Morgan fingerprint density at radius 1 is 1.33 bits per heavy atom. The molecule has 1 saturated heterocycles. The topological polar surface area (TPSA) is 96.0 Å². The molecule has 0 unspecified atom stereocenters. The molecule has 1 heterocycles. The molecule has 1 fully saturated rings. The van der Waals surface area contributed by atoms with Crippen LogP contribution in [0.1, 0.15) is 27.2 Å². The zero-order valence-corrected chi connectivity index (χ0v) is 12.8. The molecule has 0 radical (unpaired) electrons. The van der Waals surface area contributed by atoms with Gasteiger partial charge in [-0.3, -0.25) is 19.3 Å². The van der Waals surface area contributed by atoms with Crippen molar-refractivity contribution in [3.05, 3.63) is 0 Å². The van der Waals surface area contributed by atoms with Gasteiger partial charge in [-0.05, 0) is 20.3 Å². The number of carbonyl (C=O) groups excluding carboxylic acids is 4. The van der Waals surface area contributed by atoms with Crippen LogP contribution in [0.25, 0.3) is 0 Å². The van der Waals surface area contributed by atoms with E-state index in [1.54, 1.807) is 13.8 Å². The normalized spacial score (nSPS) is 16.7. The van der Waals surface area contributed by atoms with Crippen molar-refractivity contribution < 1.29 is 23.9 Å². The lowest BCUT2D eigenvalue weighted by Gasteiger charge is -2.23. The monoisotopic (exact) mass is 299 g/mol. The number of carbonyl (C=O) groups is 4. The van der Waals surface area contributed by atoms with Gasteiger partial charge in [0, 0.05) is 6.54 Å². The molecule has 21 heavy (non-hydrogen) atoms. The van der Waals surface area contributed by atoms with E-state index in [0.717, 1.165) is 4.90 Å². The van der Waals surface area contributed by atoms with E-state index in [0.29, 0.717) is 13.0 Å². The molecule has 8 nitrogen and oxygen atoms in total. The van der Waals surface area contributed by atoms with E-state index < -0.39 is 29.4 Å². The third kappa shape index (κ3) is 3.93. The van der Waals surface area contributed by atoms with Crippen LogP contribution < -0.4 is 5.32 Å². The van der Waals surface area contributed by atoms with Crippen LogP contribution >= 0.6 is 0 Å². The average molecular weight is 299 g/mol. The Labute approximate surface area is 123 Å².